The molecule has 1 saturated carbocycles. The maximum Gasteiger partial charge on any atom is 0.231 e. The summed E-state index contributed by atoms with van der Waals surface area (Å²) in [6.45, 7) is 4.61. The number of hydrogen-bond donors (Lipinski definition) is 2. The van der Waals surface area contributed by atoms with Gasteiger partial charge in [-0.15, -0.1) is 0 Å². The summed E-state index contributed by atoms with van der Waals surface area (Å²) in [5.74, 6) is 1.06. The molecule has 5 rings (SSSR count). The van der Waals surface area contributed by atoms with Gasteiger partial charge in [-0.2, -0.15) is 5.10 Å². The van der Waals surface area contributed by atoms with E-state index in [1.807, 2.05) is 49.1 Å². The van der Waals surface area contributed by atoms with Crippen LogP contribution in [0.2, 0.25) is 0 Å². The summed E-state index contributed by atoms with van der Waals surface area (Å²) in [5, 5.41) is 7.65. The van der Waals surface area contributed by atoms with E-state index in [2.05, 4.69) is 38.9 Å². The number of hydrazone groups is 1. The minimum absolute atomic E-state index is 0.0112. The zero-order valence-electron chi connectivity index (χ0n) is 20.0. The van der Waals surface area contributed by atoms with E-state index >= 15 is 0 Å². The van der Waals surface area contributed by atoms with Crippen LogP contribution >= 0.6 is 0 Å². The molecule has 1 aliphatic carbocycles. The maximum absolute atomic E-state index is 13.5. The lowest BCUT2D eigenvalue weighted by Gasteiger charge is -2.50. The standard InChI is InChI=1S/C27H33N5O2/c1-18-14-19(2)16-21(15-18)28-25(33)13-12-24-29-30-27-31(17-20-8-4-3-5-9-20)26(34)22-10-6-7-11-23(22)32(24)27/h3-5,8-9,14-16,22-23,27,30H,6-7,10-13,17H2,1-2H3,(H,28,33). The summed E-state index contributed by atoms with van der Waals surface area (Å²) < 4.78 is 0. The number of nitrogens with one attached hydrogen (secondary N) is 2. The Morgan fingerprint density at radius 3 is 2.59 bits per heavy atom. The molecule has 3 aliphatic rings. The second-order valence-corrected chi connectivity index (χ2v) is 9.77. The fourth-order valence-corrected chi connectivity index (χ4v) is 5.68. The minimum Gasteiger partial charge on any atom is -0.326 e. The molecule has 2 heterocycles. The van der Waals surface area contributed by atoms with E-state index in [4.69, 9.17) is 0 Å². The van der Waals surface area contributed by atoms with Gasteiger partial charge in [-0.1, -0.05) is 49.2 Å². The number of anilines is 1. The summed E-state index contributed by atoms with van der Waals surface area (Å²) in [6, 6.07) is 16.3. The first-order chi connectivity index (χ1) is 16.5. The smallest absolute Gasteiger partial charge is 0.231 e. The van der Waals surface area contributed by atoms with Crippen LogP contribution in [0.3, 0.4) is 0 Å². The van der Waals surface area contributed by atoms with Crippen LogP contribution in [-0.4, -0.2) is 39.8 Å². The topological polar surface area (TPSA) is 77.0 Å². The fourth-order valence-electron chi connectivity index (χ4n) is 5.68. The maximum atomic E-state index is 13.5. The Morgan fingerprint density at radius 2 is 1.82 bits per heavy atom. The summed E-state index contributed by atoms with van der Waals surface area (Å²) in [7, 11) is 0. The Balaban J connectivity index is 1.29. The van der Waals surface area contributed by atoms with Crippen molar-refractivity contribution in [2.75, 3.05) is 5.32 Å². The Kier molecular flexibility index (Phi) is 6.26. The van der Waals surface area contributed by atoms with Gasteiger partial charge in [0.15, 0.2) is 6.29 Å². The van der Waals surface area contributed by atoms with Gasteiger partial charge in [0.1, 0.15) is 5.84 Å². The van der Waals surface area contributed by atoms with Crippen molar-refractivity contribution in [1.82, 2.24) is 15.2 Å². The van der Waals surface area contributed by atoms with Gasteiger partial charge < -0.3 is 10.2 Å². The third kappa shape index (κ3) is 4.52. The highest BCUT2D eigenvalue weighted by Gasteiger charge is 2.50. The van der Waals surface area contributed by atoms with Crippen LogP contribution in [-0.2, 0) is 16.1 Å². The number of carbonyl (C=O) groups is 2. The average molecular weight is 460 g/mol. The molecule has 178 valence electrons. The number of rotatable bonds is 6. The lowest BCUT2D eigenvalue weighted by atomic mass is 9.80. The molecule has 3 unspecified atom stereocenters. The van der Waals surface area contributed by atoms with Crippen LogP contribution < -0.4 is 10.7 Å². The Hall–Kier alpha value is -3.35. The second kappa shape index (κ2) is 9.49. The first kappa shape index (κ1) is 22.4. The van der Waals surface area contributed by atoms with Crippen molar-refractivity contribution >= 4 is 23.3 Å². The highest BCUT2D eigenvalue weighted by molar-refractivity contribution is 5.95. The zero-order valence-corrected chi connectivity index (χ0v) is 20.0. The molecule has 7 heteroatoms. The van der Waals surface area contributed by atoms with Crippen molar-refractivity contribution in [3.8, 4) is 0 Å². The zero-order chi connectivity index (χ0) is 23.7. The first-order valence-electron chi connectivity index (χ1n) is 12.3. The van der Waals surface area contributed by atoms with Crippen LogP contribution in [0, 0.1) is 19.8 Å². The van der Waals surface area contributed by atoms with Gasteiger partial charge in [0.2, 0.25) is 11.8 Å². The summed E-state index contributed by atoms with van der Waals surface area (Å²) >= 11 is 0. The number of benzene rings is 2. The van der Waals surface area contributed by atoms with Crippen molar-refractivity contribution in [3.05, 3.63) is 65.2 Å². The predicted octanol–water partition coefficient (Wildman–Crippen LogP) is 4.13. The van der Waals surface area contributed by atoms with Gasteiger partial charge >= 0.3 is 0 Å². The van der Waals surface area contributed by atoms with E-state index in [1.165, 1.54) is 0 Å². The van der Waals surface area contributed by atoms with Crippen LogP contribution in [0.15, 0.2) is 53.6 Å². The van der Waals surface area contributed by atoms with E-state index in [1.54, 1.807) is 0 Å². The first-order valence-corrected chi connectivity index (χ1v) is 12.3. The molecule has 0 aromatic heterocycles. The quantitative estimate of drug-likeness (QED) is 0.681. The molecule has 7 nitrogen and oxygen atoms in total. The van der Waals surface area contributed by atoms with Crippen LogP contribution in [0.25, 0.3) is 0 Å². The summed E-state index contributed by atoms with van der Waals surface area (Å²) in [4.78, 5) is 30.4. The number of carbonyl (C=O) groups excluding carboxylic acids is 2. The Bertz CT molecular complexity index is 1080. The van der Waals surface area contributed by atoms with Crippen molar-refractivity contribution in [2.24, 2.45) is 11.0 Å². The second-order valence-electron chi connectivity index (χ2n) is 9.77. The van der Waals surface area contributed by atoms with Gasteiger partial charge in [0.25, 0.3) is 0 Å². The van der Waals surface area contributed by atoms with Crippen LogP contribution in [0.5, 0.6) is 0 Å². The SMILES string of the molecule is Cc1cc(C)cc(NC(=O)CCC2=NNC3N(Cc4ccccc4)C(=O)C4CCCCC4N23)c1. The highest BCUT2D eigenvalue weighted by atomic mass is 16.2. The number of hydrogen-bond acceptors (Lipinski definition) is 5. The molecule has 0 spiro atoms. The molecule has 2 aliphatic heterocycles. The van der Waals surface area contributed by atoms with Crippen LogP contribution in [0.1, 0.15) is 55.2 Å². The molecule has 1 saturated heterocycles. The third-order valence-corrected chi connectivity index (χ3v) is 7.13. The largest absolute Gasteiger partial charge is 0.326 e. The number of nitrogens with zero attached hydrogens (tertiary/aromatic N) is 3. The Labute approximate surface area is 201 Å². The normalized spacial score (nSPS) is 23.6. The lowest BCUT2D eigenvalue weighted by molar-refractivity contribution is -0.156. The fraction of sp³-hybridized carbons (Fsp3) is 0.444. The molecule has 2 amide bonds. The number of amides is 2. The predicted molar refractivity (Wildman–Crippen MR) is 133 cm³/mol. The van der Waals surface area contributed by atoms with E-state index < -0.39 is 0 Å². The Morgan fingerprint density at radius 1 is 1.09 bits per heavy atom. The summed E-state index contributed by atoms with van der Waals surface area (Å²) in [5.41, 5.74) is 7.41. The van der Waals surface area contributed by atoms with E-state index in [0.29, 0.717) is 19.4 Å². The molecule has 34 heavy (non-hydrogen) atoms. The third-order valence-electron chi connectivity index (χ3n) is 7.13. The molecule has 0 radical (unpaired) electrons. The van der Waals surface area contributed by atoms with Gasteiger partial charge in [-0.25, -0.2) is 0 Å². The molecule has 3 atom stereocenters. The molecule has 2 aromatic carbocycles. The van der Waals surface area contributed by atoms with E-state index in [0.717, 1.165) is 53.9 Å². The van der Waals surface area contributed by atoms with Crippen molar-refractivity contribution in [2.45, 2.75) is 71.2 Å². The van der Waals surface area contributed by atoms with Crippen molar-refractivity contribution in [1.29, 1.82) is 0 Å². The van der Waals surface area contributed by atoms with Crippen molar-refractivity contribution in [3.63, 3.8) is 0 Å². The van der Waals surface area contributed by atoms with Gasteiger partial charge in [-0.05, 0) is 55.5 Å². The molecular formula is C27H33N5O2. The molecule has 2 fully saturated rings. The molecule has 2 N–H and O–H groups in total. The number of aryl methyl sites for hydroxylation is 2. The summed E-state index contributed by atoms with van der Waals surface area (Å²) in [6.07, 6.45) is 4.71. The molecular weight excluding hydrogens is 426 g/mol. The van der Waals surface area contributed by atoms with E-state index in [-0.39, 0.29) is 30.1 Å². The number of amidine groups is 1. The van der Waals surface area contributed by atoms with Crippen molar-refractivity contribution < 1.29 is 9.59 Å². The van der Waals surface area contributed by atoms with Gasteiger partial charge in [0.05, 0.1) is 5.92 Å². The molecule has 0 bridgehead atoms. The van der Waals surface area contributed by atoms with E-state index in [9.17, 15) is 9.59 Å². The molecule has 2 aromatic rings. The van der Waals surface area contributed by atoms with Gasteiger partial charge in [-0.3, -0.25) is 19.9 Å². The minimum atomic E-state index is -0.287. The van der Waals surface area contributed by atoms with Crippen LogP contribution in [0.4, 0.5) is 5.69 Å². The lowest BCUT2D eigenvalue weighted by Crippen LogP contribution is -2.67. The monoisotopic (exact) mass is 459 g/mol. The number of fused-ring (bicyclic) bond motifs is 3. The van der Waals surface area contributed by atoms with Gasteiger partial charge in [0, 0.05) is 31.1 Å². The highest BCUT2D eigenvalue weighted by Crippen LogP contribution is 2.38. The average Bonchev–Trinajstić information content (AvgIpc) is 3.24.